The Balaban J connectivity index is 1.53. The summed E-state index contributed by atoms with van der Waals surface area (Å²) in [7, 11) is 0. The molecule has 1 aromatic rings. The number of anilines is 1. The lowest BCUT2D eigenvalue weighted by molar-refractivity contribution is -0.138. The van der Waals surface area contributed by atoms with Crippen molar-refractivity contribution < 1.29 is 4.79 Å². The van der Waals surface area contributed by atoms with Crippen LogP contribution in [0.15, 0.2) is 6.07 Å². The Morgan fingerprint density at radius 3 is 2.54 bits per heavy atom. The fourth-order valence-electron chi connectivity index (χ4n) is 4.59. The number of carbonyl (C=O) groups excluding carboxylic acids is 1. The van der Waals surface area contributed by atoms with Crippen LogP contribution in [0.2, 0.25) is 0 Å². The van der Waals surface area contributed by atoms with Gasteiger partial charge in [-0.1, -0.05) is 27.7 Å². The number of nitrogens with zero attached hydrogens (tertiary/aromatic N) is 4. The fourth-order valence-corrected chi connectivity index (χ4v) is 4.59. The van der Waals surface area contributed by atoms with Gasteiger partial charge in [0.2, 0.25) is 5.91 Å². The number of carbonyl (C=O) groups is 1. The van der Waals surface area contributed by atoms with E-state index in [1.54, 1.807) is 0 Å². The molecule has 0 N–H and O–H groups in total. The van der Waals surface area contributed by atoms with Crippen LogP contribution in [0.3, 0.4) is 0 Å². The van der Waals surface area contributed by atoms with E-state index < -0.39 is 0 Å². The number of fused-ring (bicyclic) bond motifs is 3. The zero-order valence-corrected chi connectivity index (χ0v) is 16.8. The fraction of sp³-hybridized carbons (Fsp3) is 0.762. The summed E-state index contributed by atoms with van der Waals surface area (Å²) in [6, 6.07) is 2.85. The normalized spacial score (nSPS) is 30.4. The lowest BCUT2D eigenvalue weighted by Gasteiger charge is -2.52. The standard InChI is InChI=1S/C21H32N4O/c1-6-13(2)19-22-14(3)9-18(23-19)24-11-16-8-7-15(24)12-25(16)20(26)17-10-21(17,4)5/h9,13,15-17H,6-8,10-12H2,1-5H3/t13?,15?,16?,17-/m1/s1. The molecule has 5 rings (SSSR count). The molecule has 3 saturated heterocycles. The van der Waals surface area contributed by atoms with Gasteiger partial charge in [-0.25, -0.2) is 9.97 Å². The van der Waals surface area contributed by atoms with Crippen LogP contribution in [0, 0.1) is 18.3 Å². The first-order chi connectivity index (χ1) is 12.3. The first-order valence-corrected chi connectivity index (χ1v) is 10.2. The van der Waals surface area contributed by atoms with E-state index in [-0.39, 0.29) is 11.3 Å². The van der Waals surface area contributed by atoms with Crippen molar-refractivity contribution >= 4 is 11.7 Å². The first kappa shape index (κ1) is 17.7. The number of piperidine rings is 2. The van der Waals surface area contributed by atoms with E-state index in [1.807, 2.05) is 0 Å². The van der Waals surface area contributed by atoms with Crippen LogP contribution in [-0.4, -0.2) is 45.9 Å². The van der Waals surface area contributed by atoms with Crippen molar-refractivity contribution in [2.45, 2.75) is 78.3 Å². The van der Waals surface area contributed by atoms with Gasteiger partial charge in [0.1, 0.15) is 11.6 Å². The van der Waals surface area contributed by atoms with E-state index in [1.165, 1.54) is 0 Å². The molecule has 5 heteroatoms. The number of hydrogen-bond acceptors (Lipinski definition) is 4. The average molecular weight is 357 g/mol. The van der Waals surface area contributed by atoms with Gasteiger partial charge in [0.15, 0.2) is 0 Å². The molecule has 26 heavy (non-hydrogen) atoms. The molecule has 0 spiro atoms. The summed E-state index contributed by atoms with van der Waals surface area (Å²) < 4.78 is 0. The van der Waals surface area contributed by atoms with E-state index >= 15 is 0 Å². The highest BCUT2D eigenvalue weighted by Gasteiger charge is 2.54. The third kappa shape index (κ3) is 2.99. The molecule has 4 aliphatic rings. The molecule has 142 valence electrons. The van der Waals surface area contributed by atoms with E-state index in [4.69, 9.17) is 4.98 Å². The molecule has 1 aromatic heterocycles. The first-order valence-electron chi connectivity index (χ1n) is 10.2. The van der Waals surface area contributed by atoms with Crippen molar-refractivity contribution in [3.8, 4) is 0 Å². The molecule has 3 aliphatic heterocycles. The third-order valence-electron chi connectivity index (χ3n) is 6.83. The van der Waals surface area contributed by atoms with Crippen LogP contribution in [0.4, 0.5) is 5.82 Å². The Morgan fingerprint density at radius 2 is 1.96 bits per heavy atom. The summed E-state index contributed by atoms with van der Waals surface area (Å²) in [6.07, 6.45) is 4.38. The smallest absolute Gasteiger partial charge is 0.226 e. The van der Waals surface area contributed by atoms with E-state index in [0.717, 1.165) is 56.1 Å². The number of amides is 1. The zero-order chi connectivity index (χ0) is 18.6. The van der Waals surface area contributed by atoms with Gasteiger partial charge in [-0.2, -0.15) is 0 Å². The predicted molar refractivity (Wildman–Crippen MR) is 103 cm³/mol. The quantitative estimate of drug-likeness (QED) is 0.828. The number of rotatable bonds is 4. The Labute approximate surface area is 157 Å². The Kier molecular flexibility index (Phi) is 4.24. The van der Waals surface area contributed by atoms with Crippen LogP contribution in [-0.2, 0) is 4.79 Å². The summed E-state index contributed by atoms with van der Waals surface area (Å²) in [4.78, 5) is 27.1. The summed E-state index contributed by atoms with van der Waals surface area (Å²) >= 11 is 0. The van der Waals surface area contributed by atoms with Crippen LogP contribution < -0.4 is 4.90 Å². The molecule has 4 heterocycles. The van der Waals surface area contributed by atoms with E-state index in [9.17, 15) is 4.79 Å². The molecule has 1 aliphatic carbocycles. The maximum atomic E-state index is 12.9. The molecule has 5 nitrogen and oxygen atoms in total. The second kappa shape index (κ2) is 6.21. The number of aryl methyl sites for hydroxylation is 1. The van der Waals surface area contributed by atoms with Crippen LogP contribution in [0.25, 0.3) is 0 Å². The van der Waals surface area contributed by atoms with Gasteiger partial charge in [0.05, 0.1) is 0 Å². The highest BCUT2D eigenvalue weighted by Crippen LogP contribution is 2.53. The monoisotopic (exact) mass is 356 g/mol. The second-order valence-electron chi connectivity index (χ2n) is 9.31. The second-order valence-corrected chi connectivity index (χ2v) is 9.31. The van der Waals surface area contributed by atoms with Crippen LogP contribution in [0.5, 0.6) is 0 Å². The summed E-state index contributed by atoms with van der Waals surface area (Å²) in [5.74, 6) is 3.03. The van der Waals surface area contributed by atoms with Crippen molar-refractivity contribution in [3.05, 3.63) is 17.6 Å². The van der Waals surface area contributed by atoms with Gasteiger partial charge in [0.25, 0.3) is 0 Å². The van der Waals surface area contributed by atoms with Crippen LogP contribution >= 0.6 is 0 Å². The number of aromatic nitrogens is 2. The Bertz CT molecular complexity index is 716. The van der Waals surface area contributed by atoms with Gasteiger partial charge in [-0.05, 0) is 38.0 Å². The minimum absolute atomic E-state index is 0.211. The lowest BCUT2D eigenvalue weighted by Crippen LogP contribution is -2.64. The van der Waals surface area contributed by atoms with Gasteiger partial charge >= 0.3 is 0 Å². The van der Waals surface area contributed by atoms with Crippen molar-refractivity contribution in [2.24, 2.45) is 11.3 Å². The average Bonchev–Trinajstić information content (AvgIpc) is 3.28. The van der Waals surface area contributed by atoms with Gasteiger partial charge in [-0.3, -0.25) is 4.79 Å². The molecule has 4 atom stereocenters. The molecule has 0 aromatic carbocycles. The molecule has 0 radical (unpaired) electrons. The topological polar surface area (TPSA) is 49.3 Å². The zero-order valence-electron chi connectivity index (χ0n) is 16.8. The van der Waals surface area contributed by atoms with Crippen molar-refractivity contribution in [2.75, 3.05) is 18.0 Å². The van der Waals surface area contributed by atoms with Gasteiger partial charge in [0, 0.05) is 48.8 Å². The summed E-state index contributed by atoms with van der Waals surface area (Å²) in [6.45, 7) is 12.6. The lowest BCUT2D eigenvalue weighted by atomic mass is 9.90. The highest BCUT2D eigenvalue weighted by molar-refractivity contribution is 5.83. The van der Waals surface area contributed by atoms with Gasteiger partial charge in [-0.15, -0.1) is 0 Å². The van der Waals surface area contributed by atoms with E-state index in [2.05, 4.69) is 55.5 Å². The predicted octanol–water partition coefficient (Wildman–Crippen LogP) is 3.52. The molecule has 3 unspecified atom stereocenters. The molecular weight excluding hydrogens is 324 g/mol. The SMILES string of the molecule is CCC(C)c1nc(C)cc(N2CC3CCC2CN3C(=O)[C@H]2CC2(C)C)n1. The van der Waals surface area contributed by atoms with Crippen molar-refractivity contribution in [1.82, 2.24) is 14.9 Å². The molecule has 1 amide bonds. The number of hydrogen-bond donors (Lipinski definition) is 0. The van der Waals surface area contributed by atoms with Gasteiger partial charge < -0.3 is 9.80 Å². The molecule has 4 fully saturated rings. The Morgan fingerprint density at radius 1 is 1.27 bits per heavy atom. The third-order valence-corrected chi connectivity index (χ3v) is 6.83. The maximum absolute atomic E-state index is 12.9. The summed E-state index contributed by atoms with van der Waals surface area (Å²) in [5.41, 5.74) is 1.25. The summed E-state index contributed by atoms with van der Waals surface area (Å²) in [5, 5.41) is 0. The minimum atomic E-state index is 0.211. The van der Waals surface area contributed by atoms with E-state index in [0.29, 0.717) is 23.9 Å². The maximum Gasteiger partial charge on any atom is 0.226 e. The van der Waals surface area contributed by atoms with Crippen LogP contribution in [0.1, 0.15) is 70.8 Å². The highest BCUT2D eigenvalue weighted by atomic mass is 16.2. The minimum Gasteiger partial charge on any atom is -0.350 e. The van der Waals surface area contributed by atoms with Crippen molar-refractivity contribution in [3.63, 3.8) is 0 Å². The molecular formula is C21H32N4O. The largest absolute Gasteiger partial charge is 0.350 e. The van der Waals surface area contributed by atoms with Crippen molar-refractivity contribution in [1.29, 1.82) is 0 Å². The molecule has 1 saturated carbocycles. The molecule has 2 bridgehead atoms. The Hall–Kier alpha value is -1.65. The number of piperazine rings is 1.